The lowest BCUT2D eigenvalue weighted by atomic mass is 9.88. The Kier molecular flexibility index (Phi) is 21.3. The van der Waals surface area contributed by atoms with Crippen molar-refractivity contribution in [3.8, 4) is 17.4 Å². The van der Waals surface area contributed by atoms with Crippen LogP contribution in [-0.2, 0) is 29.1 Å². The largest absolute Gasteiger partial charge is 0.486 e. The van der Waals surface area contributed by atoms with Crippen LogP contribution < -0.4 is 30.0 Å². The van der Waals surface area contributed by atoms with Gasteiger partial charge in [-0.15, -0.1) is 0 Å². The zero-order chi connectivity index (χ0) is 46.0. The number of nitrogens with zero attached hydrogens (tertiary/aromatic N) is 2. The first kappa shape index (κ1) is 52.5. The van der Waals surface area contributed by atoms with Crippen molar-refractivity contribution in [1.82, 2.24) is 19.9 Å². The van der Waals surface area contributed by atoms with Crippen molar-refractivity contribution in [1.29, 1.82) is 0 Å². The van der Waals surface area contributed by atoms with E-state index in [-0.39, 0.29) is 22.2 Å². The Morgan fingerprint density at radius 2 is 1.70 bits per heavy atom. The van der Waals surface area contributed by atoms with Gasteiger partial charge >= 0.3 is 6.09 Å². The second kappa shape index (κ2) is 24.7. The van der Waals surface area contributed by atoms with Gasteiger partial charge in [0.25, 0.3) is 0 Å². The normalized spacial score (nSPS) is 22.4. The molecule has 4 amide bonds. The highest BCUT2D eigenvalue weighted by Gasteiger charge is 2.53. The van der Waals surface area contributed by atoms with Crippen LogP contribution >= 0.6 is 0 Å². The molecule has 4 heterocycles. The van der Waals surface area contributed by atoms with E-state index in [1.165, 1.54) is 6.92 Å². The molecule has 1 aromatic heterocycles. The molecule has 350 valence electrons. The second-order valence-corrected chi connectivity index (χ2v) is 18.3. The fourth-order valence-corrected chi connectivity index (χ4v) is 8.87. The van der Waals surface area contributed by atoms with E-state index in [9.17, 15) is 27.6 Å². The van der Waals surface area contributed by atoms with Crippen LogP contribution in [-0.4, -0.2) is 90.9 Å². The topological polar surface area (TPSA) is 206 Å². The number of fused-ring (bicyclic) bond motifs is 4. The number of nitrogens with one attached hydrogen (secondary N) is 2. The number of primary amides is 1. The van der Waals surface area contributed by atoms with Crippen LogP contribution in [0.2, 0.25) is 0 Å². The lowest BCUT2D eigenvalue weighted by Crippen LogP contribution is -2.46. The molecule has 3 aliphatic heterocycles. The van der Waals surface area contributed by atoms with Crippen LogP contribution in [0.5, 0.6) is 17.4 Å². The van der Waals surface area contributed by atoms with E-state index in [1.54, 1.807) is 31.9 Å². The van der Waals surface area contributed by atoms with Crippen LogP contribution in [0, 0.1) is 11.8 Å². The van der Waals surface area contributed by atoms with Crippen LogP contribution in [0.25, 0.3) is 10.8 Å². The Morgan fingerprint density at radius 3 is 2.28 bits per heavy atom. The van der Waals surface area contributed by atoms with Gasteiger partial charge in [-0.25, -0.2) is 18.2 Å². The summed E-state index contributed by atoms with van der Waals surface area (Å²) in [6.45, 7) is 22.6. The minimum absolute atomic E-state index is 0. The molecular formula is C45H79N5O10S. The molecule has 4 N–H and O–H groups in total. The summed E-state index contributed by atoms with van der Waals surface area (Å²) in [5.41, 5.74) is 4.26. The van der Waals surface area contributed by atoms with E-state index in [0.717, 1.165) is 36.5 Å². The van der Waals surface area contributed by atoms with Gasteiger partial charge in [0, 0.05) is 47.6 Å². The molecule has 2 aromatic rings. The van der Waals surface area contributed by atoms with Gasteiger partial charge in [-0.3, -0.25) is 19.1 Å². The number of sulfonamides is 1. The number of benzene rings is 1. The minimum atomic E-state index is -3.40. The predicted molar refractivity (Wildman–Crippen MR) is 245 cm³/mol. The van der Waals surface area contributed by atoms with Crippen molar-refractivity contribution < 1.29 is 50.8 Å². The molecule has 0 unspecified atom stereocenters. The van der Waals surface area contributed by atoms with Crippen LogP contribution in [0.15, 0.2) is 36.5 Å². The highest BCUT2D eigenvalue weighted by Crippen LogP contribution is 2.45. The summed E-state index contributed by atoms with van der Waals surface area (Å²) < 4.78 is 46.7. The molecule has 4 atom stereocenters. The molecule has 0 spiro atoms. The number of nitrogens with two attached hydrogens (primary N) is 1. The average molecular weight is 882 g/mol. The van der Waals surface area contributed by atoms with E-state index < -0.39 is 38.4 Å². The number of pyridine rings is 1. The molecule has 61 heavy (non-hydrogen) atoms. The molecule has 0 radical (unpaired) electrons. The number of carbonyl (C=O) groups excluding carboxylic acids is 4. The first-order valence-corrected chi connectivity index (χ1v) is 23.4. The van der Waals surface area contributed by atoms with Gasteiger partial charge in [-0.2, -0.15) is 0 Å². The molecule has 1 aromatic carbocycles. The summed E-state index contributed by atoms with van der Waals surface area (Å²) in [6, 6.07) is 5.14. The summed E-state index contributed by atoms with van der Waals surface area (Å²) in [4.78, 5) is 53.4. The lowest BCUT2D eigenvalue weighted by Gasteiger charge is -2.27. The Labute approximate surface area is 368 Å². The van der Waals surface area contributed by atoms with Gasteiger partial charge in [0.05, 0.1) is 11.3 Å². The van der Waals surface area contributed by atoms with Gasteiger partial charge in [0.2, 0.25) is 33.6 Å². The van der Waals surface area contributed by atoms with Gasteiger partial charge in [-0.1, -0.05) is 67.0 Å². The number of ether oxygens (including phenoxy) is 4. The molecular weight excluding hydrogens is 803 g/mol. The molecule has 2 fully saturated rings. The maximum Gasteiger partial charge on any atom is 0.405 e. The molecule has 1 saturated carbocycles. The summed E-state index contributed by atoms with van der Waals surface area (Å²) in [5, 5.41) is 4.69. The van der Waals surface area contributed by atoms with Gasteiger partial charge < -0.3 is 34.9 Å². The van der Waals surface area contributed by atoms with Gasteiger partial charge in [0.1, 0.15) is 31.0 Å². The first-order chi connectivity index (χ1) is 28.9. The quantitative estimate of drug-likeness (QED) is 0.235. The van der Waals surface area contributed by atoms with Crippen molar-refractivity contribution >= 4 is 44.6 Å². The van der Waals surface area contributed by atoms with Crippen LogP contribution in [0.1, 0.15) is 138 Å². The maximum absolute atomic E-state index is 13.5. The van der Waals surface area contributed by atoms with E-state index in [4.69, 9.17) is 19.9 Å². The Bertz CT molecular complexity index is 1890. The van der Waals surface area contributed by atoms with Gasteiger partial charge in [0.15, 0.2) is 11.5 Å². The number of aromatic nitrogens is 1. The first-order valence-electron chi connectivity index (χ1n) is 22.0. The molecule has 6 rings (SSSR count). The fraction of sp³-hybridized carbons (Fsp3) is 0.667. The van der Waals surface area contributed by atoms with Gasteiger partial charge in [-0.05, 0) is 89.3 Å². The zero-order valence-corrected chi connectivity index (χ0v) is 39.2. The minimum Gasteiger partial charge on any atom is -0.486 e. The third-order valence-electron chi connectivity index (χ3n) is 10.4. The molecule has 0 bridgehead atoms. The highest BCUT2D eigenvalue weighted by molar-refractivity contribution is 7.91. The number of allylic oxidation sites excluding steroid dienone is 1. The SMILES string of the molecule is CC.CC.CC(C)(C)OC(N)=O.CCC1(S(=O)(=O)NC(C)=O)CC1.CC[C@H]1CC(=O)N2C[C@H](Oc3nccc4c5c(ccc34)OCCO5)C[C@H]2C(=O)NC/C=C\CC[C@@H](C)C1.[HH].[HH].[HH]. The molecule has 1 saturated heterocycles. The fourth-order valence-electron chi connectivity index (χ4n) is 7.25. The van der Waals surface area contributed by atoms with E-state index in [0.29, 0.717) is 87.6 Å². The van der Waals surface area contributed by atoms with Crippen molar-refractivity contribution in [2.75, 3.05) is 26.3 Å². The molecule has 15 nitrogen and oxygen atoms in total. The van der Waals surface area contributed by atoms with Crippen LogP contribution in [0.4, 0.5) is 4.79 Å². The van der Waals surface area contributed by atoms with Crippen molar-refractivity contribution in [2.45, 2.75) is 156 Å². The summed E-state index contributed by atoms with van der Waals surface area (Å²) >= 11 is 0. The maximum atomic E-state index is 13.5. The predicted octanol–water partition coefficient (Wildman–Crippen LogP) is 8.33. The highest BCUT2D eigenvalue weighted by atomic mass is 32.2. The van der Waals surface area contributed by atoms with E-state index in [1.807, 2.05) is 63.6 Å². The standard InChI is InChI=1S/C29H37N3O5.C7H13NO3S.C5H11NO2.2C2H6.3H2/c1-3-20-15-19(2)7-5-4-6-11-30-28(34)24-17-21(18-32(24)26(33)16-20)37-29-23-8-9-25-27(36-14-13-35-25)22(23)10-12-31-29;1-3-7(4-5-7)12(10,11)8-6(2)9;1-5(2,3)8-4(6)7;2*1-2;;;/h4,6,8-10,12,19-21,24H,3,5,7,11,13-18H2,1-2H3,(H,30,34);3-5H2,1-2H3,(H,8,9);1-3H3,(H2,6,7);2*1-2H3;3*1H/b6-4-;;;;;;;/t19-,20-,21-,24+;;;;;;;/m1......./s1. The monoisotopic (exact) mass is 882 g/mol. The Hall–Kier alpha value is -4.60. The number of hydrogen-bond donors (Lipinski definition) is 3. The summed E-state index contributed by atoms with van der Waals surface area (Å²) in [7, 11) is -3.40. The van der Waals surface area contributed by atoms with E-state index >= 15 is 0 Å². The third kappa shape index (κ3) is 16.0. The molecule has 4 aliphatic rings. The van der Waals surface area contributed by atoms with Crippen LogP contribution in [0.3, 0.4) is 0 Å². The number of rotatable bonds is 6. The Balaban J connectivity index is 0. The zero-order valence-electron chi connectivity index (χ0n) is 38.4. The van der Waals surface area contributed by atoms with Crippen molar-refractivity contribution in [2.24, 2.45) is 17.6 Å². The van der Waals surface area contributed by atoms with E-state index in [2.05, 4.69) is 35.0 Å². The smallest absolute Gasteiger partial charge is 0.405 e. The Morgan fingerprint density at radius 1 is 1.03 bits per heavy atom. The number of hydrogen-bond acceptors (Lipinski definition) is 11. The van der Waals surface area contributed by atoms with Crippen molar-refractivity contribution in [3.05, 3.63) is 36.5 Å². The summed E-state index contributed by atoms with van der Waals surface area (Å²) in [5.74, 6) is 2.15. The third-order valence-corrected chi connectivity index (χ3v) is 12.8. The number of carbonyl (C=O) groups is 4. The molecule has 16 heteroatoms. The summed E-state index contributed by atoms with van der Waals surface area (Å²) in [6.07, 6.45) is 11.7. The van der Waals surface area contributed by atoms with Crippen molar-refractivity contribution in [3.63, 3.8) is 0 Å². The molecule has 1 aliphatic carbocycles. The average Bonchev–Trinajstić information content (AvgIpc) is 3.92. The number of amides is 4. The second-order valence-electron chi connectivity index (χ2n) is 16.2. The lowest BCUT2D eigenvalue weighted by molar-refractivity contribution is -0.139.